The molecule has 0 atom stereocenters. The number of carbonyl (C=O) groups is 1. The van der Waals surface area contributed by atoms with Crippen molar-refractivity contribution in [3.05, 3.63) is 62.1 Å². The molecule has 0 spiro atoms. The van der Waals surface area contributed by atoms with E-state index in [1.807, 2.05) is 0 Å². The molecule has 0 fully saturated rings. The van der Waals surface area contributed by atoms with E-state index in [9.17, 15) is 20.0 Å². The number of nitro benzene ring substituents is 1. The van der Waals surface area contributed by atoms with Crippen molar-refractivity contribution in [1.82, 2.24) is 0 Å². The van der Waals surface area contributed by atoms with Crippen molar-refractivity contribution < 1.29 is 14.8 Å². The Morgan fingerprint density at radius 1 is 1.19 bits per heavy atom. The van der Waals surface area contributed by atoms with Crippen molar-refractivity contribution >= 4 is 40.5 Å². The average molecular weight is 327 g/mol. The van der Waals surface area contributed by atoms with Gasteiger partial charge in [0.15, 0.2) is 0 Å². The number of halogens is 2. The van der Waals surface area contributed by atoms with E-state index >= 15 is 0 Å². The van der Waals surface area contributed by atoms with Gasteiger partial charge in [-0.1, -0.05) is 23.2 Å². The highest BCUT2D eigenvalue weighted by atomic mass is 35.5. The molecule has 0 aliphatic heterocycles. The SMILES string of the molecule is O=C(Nc1cc([N+](=O)[O-])ccc1O)c1ccc(Cl)cc1Cl. The fourth-order valence-corrected chi connectivity index (χ4v) is 2.10. The van der Waals surface area contributed by atoms with E-state index in [1.54, 1.807) is 0 Å². The summed E-state index contributed by atoms with van der Waals surface area (Å²) >= 11 is 11.6. The van der Waals surface area contributed by atoms with Gasteiger partial charge < -0.3 is 10.4 Å². The first-order valence-electron chi connectivity index (χ1n) is 5.62. The highest BCUT2D eigenvalue weighted by molar-refractivity contribution is 6.37. The van der Waals surface area contributed by atoms with E-state index in [0.717, 1.165) is 18.2 Å². The summed E-state index contributed by atoms with van der Waals surface area (Å²) in [6.45, 7) is 0. The Labute approximate surface area is 129 Å². The van der Waals surface area contributed by atoms with Crippen LogP contribution in [0.4, 0.5) is 11.4 Å². The average Bonchev–Trinajstić information content (AvgIpc) is 2.40. The predicted octanol–water partition coefficient (Wildman–Crippen LogP) is 3.86. The van der Waals surface area contributed by atoms with Gasteiger partial charge in [0, 0.05) is 17.2 Å². The molecule has 8 heteroatoms. The topological polar surface area (TPSA) is 92.5 Å². The standard InChI is InChI=1S/C13H8Cl2N2O4/c14-7-1-3-9(10(15)5-7)13(19)16-11-6-8(17(20)21)2-4-12(11)18/h1-6,18H,(H,16,19). The zero-order valence-corrected chi connectivity index (χ0v) is 11.9. The molecule has 0 bridgehead atoms. The number of nitrogens with one attached hydrogen (secondary N) is 1. The Morgan fingerprint density at radius 3 is 2.52 bits per heavy atom. The van der Waals surface area contributed by atoms with Gasteiger partial charge in [-0.15, -0.1) is 0 Å². The number of anilines is 1. The maximum atomic E-state index is 12.1. The maximum absolute atomic E-state index is 12.1. The molecule has 0 radical (unpaired) electrons. The smallest absolute Gasteiger partial charge is 0.271 e. The van der Waals surface area contributed by atoms with Gasteiger partial charge in [-0.3, -0.25) is 14.9 Å². The number of nitro groups is 1. The second-order valence-electron chi connectivity index (χ2n) is 4.04. The first-order chi connectivity index (χ1) is 9.88. The number of phenols is 1. The number of hydrogen-bond acceptors (Lipinski definition) is 4. The van der Waals surface area contributed by atoms with Gasteiger partial charge >= 0.3 is 0 Å². The first kappa shape index (κ1) is 15.1. The third-order valence-electron chi connectivity index (χ3n) is 2.61. The lowest BCUT2D eigenvalue weighted by atomic mass is 10.2. The Hall–Kier alpha value is -2.31. The lowest BCUT2D eigenvalue weighted by Crippen LogP contribution is -2.12. The molecule has 2 aromatic rings. The van der Waals surface area contributed by atoms with Gasteiger partial charge in [0.1, 0.15) is 5.75 Å². The van der Waals surface area contributed by atoms with Crippen LogP contribution in [-0.2, 0) is 0 Å². The molecule has 0 aliphatic carbocycles. The molecule has 2 N–H and O–H groups in total. The van der Waals surface area contributed by atoms with E-state index in [-0.39, 0.29) is 27.7 Å². The molecule has 21 heavy (non-hydrogen) atoms. The van der Waals surface area contributed by atoms with E-state index in [0.29, 0.717) is 5.02 Å². The zero-order valence-electron chi connectivity index (χ0n) is 10.3. The number of non-ortho nitro benzene ring substituents is 1. The van der Waals surface area contributed by atoms with Crippen LogP contribution in [0.1, 0.15) is 10.4 Å². The van der Waals surface area contributed by atoms with Gasteiger partial charge in [-0.05, 0) is 24.3 Å². The number of phenolic OH excluding ortho intramolecular Hbond substituents is 1. The largest absolute Gasteiger partial charge is 0.506 e. The molecule has 0 saturated heterocycles. The van der Waals surface area contributed by atoms with E-state index in [2.05, 4.69) is 5.32 Å². The van der Waals surface area contributed by atoms with Crippen LogP contribution >= 0.6 is 23.2 Å². The molecule has 0 aliphatic rings. The molecular weight excluding hydrogens is 319 g/mol. The minimum absolute atomic E-state index is 0.0831. The van der Waals surface area contributed by atoms with Crippen LogP contribution in [0, 0.1) is 10.1 Å². The zero-order chi connectivity index (χ0) is 15.6. The van der Waals surface area contributed by atoms with Crippen LogP contribution < -0.4 is 5.32 Å². The summed E-state index contributed by atoms with van der Waals surface area (Å²) in [5.74, 6) is -0.911. The maximum Gasteiger partial charge on any atom is 0.271 e. The number of benzene rings is 2. The quantitative estimate of drug-likeness (QED) is 0.508. The number of nitrogens with zero attached hydrogens (tertiary/aromatic N) is 1. The number of rotatable bonds is 3. The summed E-state index contributed by atoms with van der Waals surface area (Å²) in [6.07, 6.45) is 0. The number of amides is 1. The van der Waals surface area contributed by atoms with E-state index in [4.69, 9.17) is 23.2 Å². The third-order valence-corrected chi connectivity index (χ3v) is 3.16. The molecule has 108 valence electrons. The molecular formula is C13H8Cl2N2O4. The fourth-order valence-electron chi connectivity index (χ4n) is 1.60. The summed E-state index contributed by atoms with van der Waals surface area (Å²) in [6, 6.07) is 7.59. The molecule has 0 saturated carbocycles. The summed E-state index contributed by atoms with van der Waals surface area (Å²) < 4.78 is 0. The predicted molar refractivity (Wildman–Crippen MR) is 79.2 cm³/mol. The monoisotopic (exact) mass is 326 g/mol. The Kier molecular flexibility index (Phi) is 4.30. The highest BCUT2D eigenvalue weighted by Crippen LogP contribution is 2.29. The van der Waals surface area contributed by atoms with Gasteiger partial charge in [0.05, 0.1) is 21.2 Å². The molecule has 0 unspecified atom stereocenters. The van der Waals surface area contributed by atoms with Crippen LogP contribution in [0.3, 0.4) is 0 Å². The molecule has 1 amide bonds. The van der Waals surface area contributed by atoms with Crippen molar-refractivity contribution in [3.63, 3.8) is 0 Å². The first-order valence-corrected chi connectivity index (χ1v) is 6.38. The highest BCUT2D eigenvalue weighted by Gasteiger charge is 2.15. The number of hydrogen-bond donors (Lipinski definition) is 2. The van der Waals surface area contributed by atoms with Crippen LogP contribution in [0.2, 0.25) is 10.0 Å². The van der Waals surface area contributed by atoms with Gasteiger partial charge in [0.2, 0.25) is 0 Å². The Balaban J connectivity index is 2.31. The van der Waals surface area contributed by atoms with Gasteiger partial charge in [-0.25, -0.2) is 0 Å². The second-order valence-corrected chi connectivity index (χ2v) is 4.88. The Bertz CT molecular complexity index is 734. The summed E-state index contributed by atoms with van der Waals surface area (Å²) in [5.41, 5.74) is -0.211. The van der Waals surface area contributed by atoms with Crippen LogP contribution in [0.25, 0.3) is 0 Å². The summed E-state index contributed by atoms with van der Waals surface area (Å²) in [4.78, 5) is 22.1. The summed E-state index contributed by atoms with van der Waals surface area (Å²) in [7, 11) is 0. The van der Waals surface area contributed by atoms with Gasteiger partial charge in [0.25, 0.3) is 11.6 Å². The molecule has 0 heterocycles. The van der Waals surface area contributed by atoms with Crippen molar-refractivity contribution in [2.24, 2.45) is 0 Å². The lowest BCUT2D eigenvalue weighted by Gasteiger charge is -2.08. The molecule has 2 aromatic carbocycles. The molecule has 0 aromatic heterocycles. The van der Waals surface area contributed by atoms with Crippen molar-refractivity contribution in [3.8, 4) is 5.75 Å². The lowest BCUT2D eigenvalue weighted by molar-refractivity contribution is -0.384. The molecule has 2 rings (SSSR count). The van der Waals surface area contributed by atoms with E-state index < -0.39 is 10.8 Å². The van der Waals surface area contributed by atoms with Crippen molar-refractivity contribution in [2.45, 2.75) is 0 Å². The number of carbonyl (C=O) groups excluding carboxylic acids is 1. The van der Waals surface area contributed by atoms with Crippen LogP contribution in [0.5, 0.6) is 5.75 Å². The second kappa shape index (κ2) is 5.99. The van der Waals surface area contributed by atoms with Crippen molar-refractivity contribution in [2.75, 3.05) is 5.32 Å². The number of aromatic hydroxyl groups is 1. The van der Waals surface area contributed by atoms with Gasteiger partial charge in [-0.2, -0.15) is 0 Å². The van der Waals surface area contributed by atoms with Crippen molar-refractivity contribution in [1.29, 1.82) is 0 Å². The minimum atomic E-state index is -0.635. The molecule has 6 nitrogen and oxygen atoms in total. The third kappa shape index (κ3) is 3.42. The van der Waals surface area contributed by atoms with E-state index in [1.165, 1.54) is 18.2 Å². The fraction of sp³-hybridized carbons (Fsp3) is 0. The normalized spacial score (nSPS) is 10.2. The van der Waals surface area contributed by atoms with Crippen LogP contribution in [0.15, 0.2) is 36.4 Å². The minimum Gasteiger partial charge on any atom is -0.506 e. The summed E-state index contributed by atoms with van der Waals surface area (Å²) in [5, 5.41) is 23.2. The van der Waals surface area contributed by atoms with Crippen LogP contribution in [-0.4, -0.2) is 15.9 Å². The Morgan fingerprint density at radius 2 is 1.90 bits per heavy atom.